The molecule has 3 heteroatoms. The fourth-order valence-corrected chi connectivity index (χ4v) is 4.50. The number of nitrogens with zero attached hydrogens (tertiary/aromatic N) is 3. The summed E-state index contributed by atoms with van der Waals surface area (Å²) in [5.74, 6) is 0.365. The van der Waals surface area contributed by atoms with Crippen molar-refractivity contribution >= 4 is 33.4 Å². The molecule has 0 bridgehead atoms. The van der Waals surface area contributed by atoms with Gasteiger partial charge in [0.1, 0.15) is 5.52 Å². The van der Waals surface area contributed by atoms with E-state index in [9.17, 15) is 0 Å². The third-order valence-corrected chi connectivity index (χ3v) is 6.23. The minimum atomic E-state index is -0.0331. The Balaban J connectivity index is 2.01. The lowest BCUT2D eigenvalue weighted by atomic mass is 9.86. The molecule has 0 saturated heterocycles. The van der Waals surface area contributed by atoms with Gasteiger partial charge in [0.2, 0.25) is 0 Å². The third kappa shape index (κ3) is 3.20. The van der Waals surface area contributed by atoms with Crippen LogP contribution < -0.4 is 0 Å². The zero-order chi connectivity index (χ0) is 22.6. The Labute approximate surface area is 189 Å². The van der Waals surface area contributed by atoms with Crippen molar-refractivity contribution in [3.05, 3.63) is 84.2 Å². The van der Waals surface area contributed by atoms with Gasteiger partial charge in [0, 0.05) is 28.1 Å². The number of rotatable bonds is 3. The average molecular weight is 420 g/mol. The van der Waals surface area contributed by atoms with Crippen LogP contribution in [0.15, 0.2) is 67.4 Å². The molecule has 32 heavy (non-hydrogen) atoms. The summed E-state index contributed by atoms with van der Waals surface area (Å²) in [7, 11) is 0. The predicted molar refractivity (Wildman–Crippen MR) is 136 cm³/mol. The smallest absolute Gasteiger partial charge is 0.104 e. The molecular weight excluding hydrogens is 390 g/mol. The number of fused-ring (bicyclic) bond motifs is 5. The number of pyridine rings is 2. The fourth-order valence-electron chi connectivity index (χ4n) is 4.50. The molecule has 0 radical (unpaired) electrons. The largest absolute Gasteiger partial charge is 0.252 e. The second kappa shape index (κ2) is 7.30. The van der Waals surface area contributed by atoms with Gasteiger partial charge in [0.05, 0.1) is 11.0 Å². The summed E-state index contributed by atoms with van der Waals surface area (Å²) in [5.41, 5.74) is 8.94. The van der Waals surface area contributed by atoms with Crippen LogP contribution in [0.5, 0.6) is 0 Å². The van der Waals surface area contributed by atoms with E-state index in [1.807, 2.05) is 22.9 Å². The Kier molecular flexibility index (Phi) is 4.67. The minimum absolute atomic E-state index is 0.0331. The Bertz CT molecular complexity index is 1500. The Morgan fingerprint density at radius 1 is 0.969 bits per heavy atom. The van der Waals surface area contributed by atoms with E-state index >= 15 is 0 Å². The monoisotopic (exact) mass is 419 g/mol. The maximum atomic E-state index is 5.17. The molecule has 0 aliphatic heterocycles. The van der Waals surface area contributed by atoms with Gasteiger partial charge in [-0.15, -0.1) is 0 Å². The van der Waals surface area contributed by atoms with Crippen molar-refractivity contribution < 1.29 is 0 Å². The molecule has 0 atom stereocenters. The van der Waals surface area contributed by atoms with Gasteiger partial charge in [-0.2, -0.15) is 5.10 Å². The van der Waals surface area contributed by atoms with Crippen LogP contribution in [0.3, 0.4) is 0 Å². The Morgan fingerprint density at radius 2 is 1.78 bits per heavy atom. The standard InChI is InChI=1S/C29H29N3/c1-7-19-11-10-12-20(15-19)22-16-23-26(21(18(2)3)17-25(30-23)29(4,5)6)28-27(22)24-13-8-9-14-32(24)31-28/h7-18H,1H2,2-6H3. The summed E-state index contributed by atoms with van der Waals surface area (Å²) in [4.78, 5) is 5.17. The second-order valence-corrected chi connectivity index (χ2v) is 9.90. The molecule has 0 fully saturated rings. The van der Waals surface area contributed by atoms with Crippen LogP contribution in [0.25, 0.3) is 44.5 Å². The molecule has 0 spiro atoms. The molecule has 5 rings (SSSR count). The van der Waals surface area contributed by atoms with E-state index in [0.717, 1.165) is 44.3 Å². The number of hydrogen-bond acceptors (Lipinski definition) is 2. The first-order valence-corrected chi connectivity index (χ1v) is 11.3. The molecule has 160 valence electrons. The van der Waals surface area contributed by atoms with E-state index in [0.29, 0.717) is 5.92 Å². The molecule has 2 aromatic carbocycles. The van der Waals surface area contributed by atoms with Crippen molar-refractivity contribution in [3.8, 4) is 11.1 Å². The van der Waals surface area contributed by atoms with Crippen molar-refractivity contribution in [2.75, 3.05) is 0 Å². The van der Waals surface area contributed by atoms with Crippen molar-refractivity contribution in [1.29, 1.82) is 0 Å². The number of hydrogen-bond donors (Lipinski definition) is 0. The van der Waals surface area contributed by atoms with E-state index in [1.165, 1.54) is 10.9 Å². The summed E-state index contributed by atoms with van der Waals surface area (Å²) in [6.07, 6.45) is 3.92. The highest BCUT2D eigenvalue weighted by atomic mass is 15.2. The average Bonchev–Trinajstić information content (AvgIpc) is 3.16. The molecule has 3 heterocycles. The van der Waals surface area contributed by atoms with Crippen LogP contribution in [0.4, 0.5) is 0 Å². The lowest BCUT2D eigenvalue weighted by molar-refractivity contribution is 0.570. The first-order valence-electron chi connectivity index (χ1n) is 11.3. The lowest BCUT2D eigenvalue weighted by Gasteiger charge is -2.22. The van der Waals surface area contributed by atoms with E-state index < -0.39 is 0 Å². The van der Waals surface area contributed by atoms with Crippen LogP contribution in [0, 0.1) is 0 Å². The maximum Gasteiger partial charge on any atom is 0.104 e. The van der Waals surface area contributed by atoms with E-state index in [1.54, 1.807) is 0 Å². The summed E-state index contributed by atoms with van der Waals surface area (Å²) in [5, 5.41) is 7.40. The summed E-state index contributed by atoms with van der Waals surface area (Å²) in [6.45, 7) is 15.1. The van der Waals surface area contributed by atoms with Gasteiger partial charge >= 0.3 is 0 Å². The minimum Gasteiger partial charge on any atom is -0.252 e. The van der Waals surface area contributed by atoms with Crippen LogP contribution in [0.2, 0.25) is 0 Å². The fraction of sp³-hybridized carbons (Fsp3) is 0.241. The maximum absolute atomic E-state index is 5.17. The molecular formula is C29H29N3. The molecule has 0 N–H and O–H groups in total. The van der Waals surface area contributed by atoms with Crippen LogP contribution in [0.1, 0.15) is 57.4 Å². The zero-order valence-electron chi connectivity index (χ0n) is 19.5. The highest BCUT2D eigenvalue weighted by Crippen LogP contribution is 2.40. The van der Waals surface area contributed by atoms with Crippen LogP contribution in [-0.4, -0.2) is 14.6 Å². The molecule has 3 aromatic heterocycles. The second-order valence-electron chi connectivity index (χ2n) is 9.90. The van der Waals surface area contributed by atoms with Crippen LogP contribution >= 0.6 is 0 Å². The molecule has 3 nitrogen and oxygen atoms in total. The first kappa shape index (κ1) is 20.4. The van der Waals surface area contributed by atoms with Gasteiger partial charge in [-0.05, 0) is 58.5 Å². The Morgan fingerprint density at radius 3 is 2.50 bits per heavy atom. The van der Waals surface area contributed by atoms with E-state index in [-0.39, 0.29) is 5.41 Å². The molecule has 0 amide bonds. The molecule has 0 unspecified atom stereocenters. The van der Waals surface area contributed by atoms with Gasteiger partial charge in [-0.25, -0.2) is 4.52 Å². The van der Waals surface area contributed by atoms with E-state index in [2.05, 4.69) is 89.7 Å². The van der Waals surface area contributed by atoms with Crippen molar-refractivity contribution in [1.82, 2.24) is 14.6 Å². The quantitative estimate of drug-likeness (QED) is 0.299. The van der Waals surface area contributed by atoms with Gasteiger partial charge in [0.25, 0.3) is 0 Å². The van der Waals surface area contributed by atoms with Crippen molar-refractivity contribution in [3.63, 3.8) is 0 Å². The highest BCUT2D eigenvalue weighted by Gasteiger charge is 2.23. The van der Waals surface area contributed by atoms with Crippen molar-refractivity contribution in [2.45, 2.75) is 46.0 Å². The normalized spacial score (nSPS) is 12.3. The van der Waals surface area contributed by atoms with Gasteiger partial charge in [-0.3, -0.25) is 4.98 Å². The van der Waals surface area contributed by atoms with Crippen LogP contribution in [-0.2, 0) is 5.41 Å². The zero-order valence-corrected chi connectivity index (χ0v) is 19.5. The highest BCUT2D eigenvalue weighted by molar-refractivity contribution is 6.17. The number of benzene rings is 2. The summed E-state index contributed by atoms with van der Waals surface area (Å²) in [6, 6.07) is 19.3. The first-order chi connectivity index (χ1) is 15.3. The van der Waals surface area contributed by atoms with E-state index in [4.69, 9.17) is 10.1 Å². The summed E-state index contributed by atoms with van der Waals surface area (Å²) >= 11 is 0. The van der Waals surface area contributed by atoms with Gasteiger partial charge < -0.3 is 0 Å². The lowest BCUT2D eigenvalue weighted by Crippen LogP contribution is -2.14. The molecule has 0 saturated carbocycles. The van der Waals surface area contributed by atoms with Gasteiger partial charge in [-0.1, -0.05) is 71.5 Å². The topological polar surface area (TPSA) is 30.2 Å². The predicted octanol–water partition coefficient (Wildman–Crippen LogP) is 7.77. The Hall–Kier alpha value is -3.46. The summed E-state index contributed by atoms with van der Waals surface area (Å²) < 4.78 is 1.99. The number of aromatic nitrogens is 3. The van der Waals surface area contributed by atoms with Gasteiger partial charge in [0.15, 0.2) is 0 Å². The molecule has 0 aliphatic rings. The SMILES string of the molecule is C=Cc1cccc(-c2cc3nc(C(C)(C)C)cc(C(C)C)c3c3nn4ccccc4c23)c1. The molecule has 5 aromatic rings. The third-order valence-electron chi connectivity index (χ3n) is 6.23. The molecule has 0 aliphatic carbocycles. The van der Waals surface area contributed by atoms with Crippen molar-refractivity contribution in [2.24, 2.45) is 0 Å².